The summed E-state index contributed by atoms with van der Waals surface area (Å²) >= 11 is 5.80. The van der Waals surface area contributed by atoms with E-state index in [2.05, 4.69) is 15.3 Å². The first-order valence-corrected chi connectivity index (χ1v) is 5.36. The molecule has 94 valence electrons. The van der Waals surface area contributed by atoms with Crippen LogP contribution in [0.5, 0.6) is 0 Å². The number of rotatable bonds is 6. The molecule has 1 heterocycles. The molecular formula is C10H14ClN3O3. The smallest absolute Gasteiger partial charge is 0.156 e. The molecule has 0 fully saturated rings. The van der Waals surface area contributed by atoms with Crippen LogP contribution < -0.4 is 5.32 Å². The molecule has 17 heavy (non-hydrogen) atoms. The minimum atomic E-state index is -0.687. The van der Waals surface area contributed by atoms with Crippen LogP contribution in [0, 0.1) is 6.92 Å². The van der Waals surface area contributed by atoms with Crippen LogP contribution in [0.1, 0.15) is 16.2 Å². The third-order valence-corrected chi connectivity index (χ3v) is 2.28. The Hall–Kier alpha value is -1.24. The van der Waals surface area contributed by atoms with Crippen molar-refractivity contribution in [3.8, 4) is 0 Å². The lowest BCUT2D eigenvalue weighted by Gasteiger charge is -2.13. The summed E-state index contributed by atoms with van der Waals surface area (Å²) in [5.41, 5.74) is 0.182. The molecule has 0 spiro atoms. The molecule has 1 atom stereocenters. The molecule has 6 nitrogen and oxygen atoms in total. The first kappa shape index (κ1) is 13.8. The first-order chi connectivity index (χ1) is 8.08. The lowest BCUT2D eigenvalue weighted by molar-refractivity contribution is 0.0727. The van der Waals surface area contributed by atoms with Gasteiger partial charge in [-0.1, -0.05) is 11.6 Å². The molecule has 1 unspecified atom stereocenters. The SMILES string of the molecule is COCC(O)CNc1nc(C)nc(Cl)c1C=O. The molecule has 0 aliphatic rings. The summed E-state index contributed by atoms with van der Waals surface area (Å²) in [6.07, 6.45) is -0.110. The van der Waals surface area contributed by atoms with E-state index in [1.807, 2.05) is 0 Å². The van der Waals surface area contributed by atoms with E-state index >= 15 is 0 Å². The van der Waals surface area contributed by atoms with Gasteiger partial charge in [0.25, 0.3) is 0 Å². The fraction of sp³-hybridized carbons (Fsp3) is 0.500. The van der Waals surface area contributed by atoms with Crippen LogP contribution in [0.15, 0.2) is 0 Å². The van der Waals surface area contributed by atoms with Crippen LogP contribution in [0.4, 0.5) is 5.82 Å². The van der Waals surface area contributed by atoms with Crippen molar-refractivity contribution in [3.05, 3.63) is 16.5 Å². The van der Waals surface area contributed by atoms with Gasteiger partial charge in [0.1, 0.15) is 16.8 Å². The van der Waals surface area contributed by atoms with Gasteiger partial charge >= 0.3 is 0 Å². The Morgan fingerprint density at radius 2 is 2.29 bits per heavy atom. The number of hydrogen-bond acceptors (Lipinski definition) is 6. The van der Waals surface area contributed by atoms with E-state index in [9.17, 15) is 9.90 Å². The monoisotopic (exact) mass is 259 g/mol. The predicted molar refractivity (Wildman–Crippen MR) is 63.5 cm³/mol. The van der Waals surface area contributed by atoms with E-state index in [1.165, 1.54) is 7.11 Å². The fourth-order valence-electron chi connectivity index (χ4n) is 1.25. The molecule has 0 aromatic carbocycles. The average molecular weight is 260 g/mol. The number of nitrogens with one attached hydrogen (secondary N) is 1. The number of aryl methyl sites for hydroxylation is 1. The average Bonchev–Trinajstić information content (AvgIpc) is 2.26. The quantitative estimate of drug-likeness (QED) is 0.577. The van der Waals surface area contributed by atoms with Gasteiger partial charge in [-0.05, 0) is 6.92 Å². The zero-order chi connectivity index (χ0) is 12.8. The van der Waals surface area contributed by atoms with Crippen molar-refractivity contribution < 1.29 is 14.6 Å². The molecule has 7 heteroatoms. The maximum atomic E-state index is 10.8. The minimum Gasteiger partial charge on any atom is -0.389 e. The largest absolute Gasteiger partial charge is 0.389 e. The van der Waals surface area contributed by atoms with Gasteiger partial charge in [0.15, 0.2) is 6.29 Å². The third-order valence-electron chi connectivity index (χ3n) is 1.99. The molecule has 0 bridgehead atoms. The Kier molecular flexibility index (Phi) is 5.27. The maximum Gasteiger partial charge on any atom is 0.156 e. The Bertz CT molecular complexity index is 401. The molecule has 1 rings (SSSR count). The van der Waals surface area contributed by atoms with Crippen molar-refractivity contribution >= 4 is 23.7 Å². The number of aromatic nitrogens is 2. The molecular weight excluding hydrogens is 246 g/mol. The molecule has 1 aromatic rings. The van der Waals surface area contributed by atoms with E-state index in [-0.39, 0.29) is 23.9 Å². The van der Waals surface area contributed by atoms with Gasteiger partial charge in [0.05, 0.1) is 18.3 Å². The van der Waals surface area contributed by atoms with Crippen LogP contribution >= 0.6 is 11.6 Å². The highest BCUT2D eigenvalue weighted by molar-refractivity contribution is 6.32. The van der Waals surface area contributed by atoms with Crippen molar-refractivity contribution in [2.24, 2.45) is 0 Å². The summed E-state index contributed by atoms with van der Waals surface area (Å²) in [7, 11) is 1.49. The fourth-order valence-corrected chi connectivity index (χ4v) is 1.51. The number of halogens is 1. The van der Waals surface area contributed by atoms with Gasteiger partial charge in [0, 0.05) is 13.7 Å². The van der Waals surface area contributed by atoms with Crippen molar-refractivity contribution in [2.45, 2.75) is 13.0 Å². The van der Waals surface area contributed by atoms with Gasteiger partial charge in [-0.3, -0.25) is 4.79 Å². The van der Waals surface area contributed by atoms with Gasteiger partial charge in [-0.25, -0.2) is 9.97 Å². The molecule has 0 radical (unpaired) electrons. The second-order valence-electron chi connectivity index (χ2n) is 3.43. The molecule has 0 aliphatic heterocycles. The van der Waals surface area contributed by atoms with Gasteiger partial charge in [-0.15, -0.1) is 0 Å². The normalized spacial score (nSPS) is 12.2. The van der Waals surface area contributed by atoms with Crippen LogP contribution in [-0.2, 0) is 4.74 Å². The number of ether oxygens (including phenoxy) is 1. The van der Waals surface area contributed by atoms with Crippen molar-refractivity contribution in [3.63, 3.8) is 0 Å². The van der Waals surface area contributed by atoms with Crippen LogP contribution in [0.25, 0.3) is 0 Å². The van der Waals surface area contributed by atoms with E-state index in [0.29, 0.717) is 17.9 Å². The minimum absolute atomic E-state index is 0.0937. The van der Waals surface area contributed by atoms with Gasteiger partial charge in [0.2, 0.25) is 0 Å². The number of carbonyl (C=O) groups excluding carboxylic acids is 1. The predicted octanol–water partition coefficient (Wildman–Crippen LogP) is 0.670. The van der Waals surface area contributed by atoms with Crippen LogP contribution in [-0.4, -0.2) is 47.7 Å². The summed E-state index contributed by atoms with van der Waals surface area (Å²) in [6.45, 7) is 2.07. The third kappa shape index (κ3) is 3.92. The summed E-state index contributed by atoms with van der Waals surface area (Å²) in [6, 6.07) is 0. The molecule has 2 N–H and O–H groups in total. The van der Waals surface area contributed by atoms with Gasteiger partial charge < -0.3 is 15.2 Å². The second kappa shape index (κ2) is 6.48. The number of methoxy groups -OCH3 is 1. The van der Waals surface area contributed by atoms with E-state index in [1.54, 1.807) is 6.92 Å². The lowest BCUT2D eigenvalue weighted by atomic mass is 10.3. The summed E-state index contributed by atoms with van der Waals surface area (Å²) in [5, 5.41) is 12.4. The van der Waals surface area contributed by atoms with E-state index in [4.69, 9.17) is 16.3 Å². The molecule has 0 saturated carbocycles. The number of anilines is 1. The Morgan fingerprint density at radius 3 is 2.88 bits per heavy atom. The second-order valence-corrected chi connectivity index (χ2v) is 3.79. The number of aliphatic hydroxyl groups is 1. The zero-order valence-electron chi connectivity index (χ0n) is 9.61. The highest BCUT2D eigenvalue weighted by Crippen LogP contribution is 2.18. The molecule has 0 aliphatic carbocycles. The lowest BCUT2D eigenvalue weighted by Crippen LogP contribution is -2.25. The molecule has 0 amide bonds. The Balaban J connectivity index is 2.79. The topological polar surface area (TPSA) is 84.3 Å². The van der Waals surface area contributed by atoms with Crippen molar-refractivity contribution in [2.75, 3.05) is 25.6 Å². The van der Waals surface area contributed by atoms with E-state index < -0.39 is 6.10 Å². The first-order valence-electron chi connectivity index (χ1n) is 4.98. The highest BCUT2D eigenvalue weighted by Gasteiger charge is 2.12. The van der Waals surface area contributed by atoms with Gasteiger partial charge in [-0.2, -0.15) is 0 Å². The molecule has 1 aromatic heterocycles. The number of aliphatic hydroxyl groups excluding tert-OH is 1. The summed E-state index contributed by atoms with van der Waals surface area (Å²) in [5.74, 6) is 0.761. The number of aldehydes is 1. The number of carbonyl (C=O) groups is 1. The maximum absolute atomic E-state index is 10.8. The molecule has 0 saturated heterocycles. The van der Waals surface area contributed by atoms with E-state index in [0.717, 1.165) is 0 Å². The van der Waals surface area contributed by atoms with Crippen molar-refractivity contribution in [1.29, 1.82) is 0 Å². The Morgan fingerprint density at radius 1 is 1.59 bits per heavy atom. The summed E-state index contributed by atoms with van der Waals surface area (Å²) < 4.78 is 4.78. The number of nitrogens with zero attached hydrogens (tertiary/aromatic N) is 2. The zero-order valence-corrected chi connectivity index (χ0v) is 10.4. The highest BCUT2D eigenvalue weighted by atomic mass is 35.5. The standard InChI is InChI=1S/C10H14ClN3O3/c1-6-13-9(11)8(4-15)10(14-6)12-3-7(16)5-17-2/h4,7,16H,3,5H2,1-2H3,(H,12,13,14). The van der Waals surface area contributed by atoms with Crippen molar-refractivity contribution in [1.82, 2.24) is 9.97 Å². The number of hydrogen-bond donors (Lipinski definition) is 2. The van der Waals surface area contributed by atoms with Crippen LogP contribution in [0.2, 0.25) is 5.15 Å². The van der Waals surface area contributed by atoms with Crippen LogP contribution in [0.3, 0.4) is 0 Å². The summed E-state index contributed by atoms with van der Waals surface area (Å²) in [4.78, 5) is 18.7. The Labute approximate surface area is 104 Å².